The average Bonchev–Trinajstić information content (AvgIpc) is 2.18. The van der Waals surface area contributed by atoms with E-state index in [0.717, 1.165) is 0 Å². The number of ether oxygens (including phenoxy) is 2. The monoisotopic (exact) mass is 240 g/mol. The van der Waals surface area contributed by atoms with E-state index in [1.807, 2.05) is 0 Å². The van der Waals surface area contributed by atoms with Gasteiger partial charge in [-0.15, -0.1) is 12.4 Å². The van der Waals surface area contributed by atoms with Gasteiger partial charge in [0.05, 0.1) is 13.2 Å². The van der Waals surface area contributed by atoms with E-state index in [-0.39, 0.29) is 18.3 Å². The number of hydrogen-bond donors (Lipinski definition) is 1. The SMILES string of the molecule is COCCN(CCOC)C(=O)CCN.Cl. The van der Waals surface area contributed by atoms with Crippen molar-refractivity contribution >= 4 is 18.3 Å². The third kappa shape index (κ3) is 8.62. The van der Waals surface area contributed by atoms with Gasteiger partial charge in [0.15, 0.2) is 0 Å². The predicted octanol–water partition coefficient (Wildman–Crippen LogP) is -0.122. The van der Waals surface area contributed by atoms with E-state index in [1.54, 1.807) is 19.1 Å². The molecule has 92 valence electrons. The molecule has 6 heteroatoms. The van der Waals surface area contributed by atoms with Crippen LogP contribution in [0.15, 0.2) is 0 Å². The summed E-state index contributed by atoms with van der Waals surface area (Å²) in [6, 6.07) is 0. The molecule has 0 saturated carbocycles. The number of amides is 1. The standard InChI is InChI=1S/C9H20N2O3.ClH/c1-13-7-5-11(6-8-14-2)9(12)3-4-10;/h3-8,10H2,1-2H3;1H. The Bertz CT molecular complexity index is 150. The van der Waals surface area contributed by atoms with Crippen molar-refractivity contribution in [2.75, 3.05) is 47.1 Å². The minimum Gasteiger partial charge on any atom is -0.383 e. The second-order valence-corrected chi connectivity index (χ2v) is 2.91. The molecule has 0 radical (unpaired) electrons. The molecule has 0 unspecified atom stereocenters. The van der Waals surface area contributed by atoms with Gasteiger partial charge in [0.1, 0.15) is 0 Å². The molecule has 0 bridgehead atoms. The van der Waals surface area contributed by atoms with Crippen molar-refractivity contribution in [1.29, 1.82) is 0 Å². The number of hydrogen-bond acceptors (Lipinski definition) is 4. The topological polar surface area (TPSA) is 64.8 Å². The van der Waals surface area contributed by atoms with Crippen molar-refractivity contribution in [3.63, 3.8) is 0 Å². The Morgan fingerprint density at radius 1 is 1.20 bits per heavy atom. The van der Waals surface area contributed by atoms with Gasteiger partial charge in [-0.2, -0.15) is 0 Å². The first-order valence-electron chi connectivity index (χ1n) is 4.72. The lowest BCUT2D eigenvalue weighted by atomic mass is 10.3. The Hall–Kier alpha value is -0.360. The molecule has 0 heterocycles. The minimum atomic E-state index is 0. The van der Waals surface area contributed by atoms with Crippen LogP contribution in [0, 0.1) is 0 Å². The average molecular weight is 241 g/mol. The highest BCUT2D eigenvalue weighted by Crippen LogP contribution is 1.93. The molecule has 0 aromatic carbocycles. The van der Waals surface area contributed by atoms with Crippen LogP contribution in [0.4, 0.5) is 0 Å². The summed E-state index contributed by atoms with van der Waals surface area (Å²) >= 11 is 0. The van der Waals surface area contributed by atoms with Crippen molar-refractivity contribution in [3.05, 3.63) is 0 Å². The van der Waals surface area contributed by atoms with Gasteiger partial charge in [0.25, 0.3) is 0 Å². The van der Waals surface area contributed by atoms with E-state index in [9.17, 15) is 4.79 Å². The van der Waals surface area contributed by atoms with Gasteiger partial charge < -0.3 is 20.1 Å². The summed E-state index contributed by atoms with van der Waals surface area (Å²) < 4.78 is 9.83. The maximum atomic E-state index is 11.5. The van der Waals surface area contributed by atoms with Crippen molar-refractivity contribution in [2.45, 2.75) is 6.42 Å². The Kier molecular flexibility index (Phi) is 13.3. The van der Waals surface area contributed by atoms with Gasteiger partial charge >= 0.3 is 0 Å². The van der Waals surface area contributed by atoms with Gasteiger partial charge in [-0.3, -0.25) is 4.79 Å². The van der Waals surface area contributed by atoms with E-state index < -0.39 is 0 Å². The number of carbonyl (C=O) groups excluding carboxylic acids is 1. The van der Waals surface area contributed by atoms with Crippen LogP contribution in [0.5, 0.6) is 0 Å². The normalized spacial score (nSPS) is 9.53. The van der Waals surface area contributed by atoms with Crippen LogP contribution >= 0.6 is 12.4 Å². The Morgan fingerprint density at radius 2 is 1.67 bits per heavy atom. The highest BCUT2D eigenvalue weighted by Gasteiger charge is 2.11. The highest BCUT2D eigenvalue weighted by atomic mass is 35.5. The molecule has 1 amide bonds. The molecule has 0 aromatic rings. The number of methoxy groups -OCH3 is 2. The molecule has 0 spiro atoms. The number of rotatable bonds is 8. The van der Waals surface area contributed by atoms with Crippen LogP contribution in [-0.2, 0) is 14.3 Å². The van der Waals surface area contributed by atoms with Crippen molar-refractivity contribution in [3.8, 4) is 0 Å². The Morgan fingerprint density at radius 3 is 2.00 bits per heavy atom. The zero-order valence-electron chi connectivity index (χ0n) is 9.40. The summed E-state index contributed by atoms with van der Waals surface area (Å²) in [6.07, 6.45) is 0.382. The molecule has 0 saturated heterocycles. The first-order valence-corrected chi connectivity index (χ1v) is 4.72. The van der Waals surface area contributed by atoms with Crippen LogP contribution in [0.1, 0.15) is 6.42 Å². The van der Waals surface area contributed by atoms with E-state index in [0.29, 0.717) is 39.3 Å². The quantitative estimate of drug-likeness (QED) is 0.643. The van der Waals surface area contributed by atoms with E-state index >= 15 is 0 Å². The van der Waals surface area contributed by atoms with Crippen LogP contribution in [-0.4, -0.2) is 57.9 Å². The summed E-state index contributed by atoms with van der Waals surface area (Å²) in [5, 5.41) is 0. The highest BCUT2D eigenvalue weighted by molar-refractivity contribution is 5.85. The first-order chi connectivity index (χ1) is 6.76. The lowest BCUT2D eigenvalue weighted by molar-refractivity contribution is -0.132. The predicted molar refractivity (Wildman–Crippen MR) is 61.3 cm³/mol. The van der Waals surface area contributed by atoms with E-state index in [4.69, 9.17) is 15.2 Å². The van der Waals surface area contributed by atoms with Crippen LogP contribution in [0.25, 0.3) is 0 Å². The summed E-state index contributed by atoms with van der Waals surface area (Å²) in [4.78, 5) is 13.2. The third-order valence-electron chi connectivity index (χ3n) is 1.84. The minimum absolute atomic E-state index is 0. The molecular formula is C9H21ClN2O3. The zero-order valence-corrected chi connectivity index (χ0v) is 10.2. The number of nitrogens with zero attached hydrogens (tertiary/aromatic N) is 1. The van der Waals surface area contributed by atoms with E-state index in [1.165, 1.54) is 0 Å². The lowest BCUT2D eigenvalue weighted by Gasteiger charge is -2.21. The van der Waals surface area contributed by atoms with Crippen LogP contribution < -0.4 is 5.73 Å². The Balaban J connectivity index is 0. The molecule has 0 atom stereocenters. The zero-order chi connectivity index (χ0) is 10.8. The van der Waals surface area contributed by atoms with Crippen molar-refractivity contribution < 1.29 is 14.3 Å². The molecule has 0 aromatic heterocycles. The molecular weight excluding hydrogens is 220 g/mol. The summed E-state index contributed by atoms with van der Waals surface area (Å²) in [7, 11) is 3.23. The van der Waals surface area contributed by atoms with Gasteiger partial charge in [-0.1, -0.05) is 0 Å². The first kappa shape index (κ1) is 17.0. The number of halogens is 1. The van der Waals surface area contributed by atoms with E-state index in [2.05, 4.69) is 0 Å². The van der Waals surface area contributed by atoms with Crippen molar-refractivity contribution in [2.24, 2.45) is 5.73 Å². The van der Waals surface area contributed by atoms with Crippen LogP contribution in [0.2, 0.25) is 0 Å². The molecule has 15 heavy (non-hydrogen) atoms. The smallest absolute Gasteiger partial charge is 0.223 e. The molecule has 5 nitrogen and oxygen atoms in total. The summed E-state index contributed by atoms with van der Waals surface area (Å²) in [5.41, 5.74) is 5.31. The fourth-order valence-electron chi connectivity index (χ4n) is 1.05. The lowest BCUT2D eigenvalue weighted by Crippen LogP contribution is -2.37. The second kappa shape index (κ2) is 11.7. The van der Waals surface area contributed by atoms with Crippen LogP contribution in [0.3, 0.4) is 0 Å². The Labute approximate surface area is 97.3 Å². The third-order valence-corrected chi connectivity index (χ3v) is 1.84. The van der Waals surface area contributed by atoms with Gasteiger partial charge in [0, 0.05) is 40.3 Å². The molecule has 0 aliphatic rings. The molecule has 2 N–H and O–H groups in total. The largest absolute Gasteiger partial charge is 0.383 e. The molecule has 0 aliphatic heterocycles. The maximum absolute atomic E-state index is 11.5. The molecule has 0 aliphatic carbocycles. The summed E-state index contributed by atoms with van der Waals surface area (Å²) in [6.45, 7) is 2.66. The fourth-order valence-corrected chi connectivity index (χ4v) is 1.05. The number of nitrogens with two attached hydrogens (primary N) is 1. The van der Waals surface area contributed by atoms with Gasteiger partial charge in [0.2, 0.25) is 5.91 Å². The summed E-state index contributed by atoms with van der Waals surface area (Å²) in [5.74, 6) is 0.0570. The maximum Gasteiger partial charge on any atom is 0.223 e. The molecule has 0 rings (SSSR count). The fraction of sp³-hybridized carbons (Fsp3) is 0.889. The molecule has 0 fully saturated rings. The van der Waals surface area contributed by atoms with Gasteiger partial charge in [-0.25, -0.2) is 0 Å². The van der Waals surface area contributed by atoms with Crippen molar-refractivity contribution in [1.82, 2.24) is 4.90 Å². The van der Waals surface area contributed by atoms with Gasteiger partial charge in [-0.05, 0) is 0 Å². The second-order valence-electron chi connectivity index (χ2n) is 2.91. The number of carbonyl (C=O) groups is 1.